The summed E-state index contributed by atoms with van der Waals surface area (Å²) in [5.41, 5.74) is 5.55. The Bertz CT molecular complexity index is 1500. The second-order valence-corrected chi connectivity index (χ2v) is 8.32. The van der Waals surface area contributed by atoms with E-state index in [9.17, 15) is 4.79 Å². The predicted molar refractivity (Wildman–Crippen MR) is 130 cm³/mol. The monoisotopic (exact) mass is 420 g/mol. The van der Waals surface area contributed by atoms with Crippen molar-refractivity contribution in [2.45, 2.75) is 27.4 Å². The summed E-state index contributed by atoms with van der Waals surface area (Å²) < 4.78 is 12.5. The van der Waals surface area contributed by atoms with Crippen molar-refractivity contribution in [3.63, 3.8) is 0 Å². The Labute approximate surface area is 186 Å². The highest BCUT2D eigenvalue weighted by atomic mass is 16.5. The van der Waals surface area contributed by atoms with Gasteiger partial charge in [0, 0.05) is 5.56 Å². The van der Waals surface area contributed by atoms with Crippen LogP contribution in [0, 0.1) is 20.8 Å². The van der Waals surface area contributed by atoms with E-state index in [1.54, 1.807) is 0 Å². The summed E-state index contributed by atoms with van der Waals surface area (Å²) in [6, 6.07) is 26.1. The first-order valence-corrected chi connectivity index (χ1v) is 10.8. The fourth-order valence-corrected chi connectivity index (χ4v) is 4.03. The fourth-order valence-electron chi connectivity index (χ4n) is 4.03. The maximum absolute atomic E-state index is 13.6. The summed E-state index contributed by atoms with van der Waals surface area (Å²) in [5.74, 6) is 0.712. The summed E-state index contributed by atoms with van der Waals surface area (Å²) >= 11 is 0. The maximum Gasteiger partial charge on any atom is 0.235 e. The minimum absolute atomic E-state index is 0.148. The van der Waals surface area contributed by atoms with Crippen molar-refractivity contribution in [2.75, 3.05) is 0 Å². The molecule has 0 saturated heterocycles. The minimum atomic E-state index is -0.148. The molecule has 32 heavy (non-hydrogen) atoms. The van der Waals surface area contributed by atoms with Gasteiger partial charge in [-0.3, -0.25) is 4.79 Å². The van der Waals surface area contributed by atoms with Crippen LogP contribution < -0.4 is 10.2 Å². The van der Waals surface area contributed by atoms with Gasteiger partial charge in [0.15, 0.2) is 5.76 Å². The molecule has 0 fully saturated rings. The lowest BCUT2D eigenvalue weighted by molar-refractivity contribution is 0.299. The first-order valence-electron chi connectivity index (χ1n) is 10.8. The fraction of sp³-hybridized carbons (Fsp3) is 0.138. The van der Waals surface area contributed by atoms with Crippen molar-refractivity contribution in [3.05, 3.63) is 111 Å². The largest absolute Gasteiger partial charge is 0.481 e. The summed E-state index contributed by atoms with van der Waals surface area (Å²) in [6.07, 6.45) is 0. The lowest BCUT2D eigenvalue weighted by atomic mass is 10.0. The van der Waals surface area contributed by atoms with Gasteiger partial charge in [-0.1, -0.05) is 72.3 Å². The van der Waals surface area contributed by atoms with Crippen LogP contribution in [-0.4, -0.2) is 0 Å². The summed E-state index contributed by atoms with van der Waals surface area (Å²) in [4.78, 5) is 13.6. The Morgan fingerprint density at radius 1 is 0.781 bits per heavy atom. The molecule has 0 aliphatic carbocycles. The van der Waals surface area contributed by atoms with Gasteiger partial charge in [0.05, 0.1) is 5.39 Å². The summed E-state index contributed by atoms with van der Waals surface area (Å²) in [6.45, 7) is 6.33. The molecule has 0 spiro atoms. The Balaban J connectivity index is 1.66. The topological polar surface area (TPSA) is 39.4 Å². The molecule has 3 nitrogen and oxygen atoms in total. The van der Waals surface area contributed by atoms with Crippen LogP contribution in [0.2, 0.25) is 0 Å². The molecule has 0 aliphatic heterocycles. The zero-order chi connectivity index (χ0) is 22.2. The van der Waals surface area contributed by atoms with Crippen molar-refractivity contribution in [2.24, 2.45) is 0 Å². The Kier molecular flexibility index (Phi) is 5.02. The number of benzene rings is 4. The van der Waals surface area contributed by atoms with Gasteiger partial charge in [0.2, 0.25) is 11.2 Å². The number of hydrogen-bond acceptors (Lipinski definition) is 3. The quantitative estimate of drug-likeness (QED) is 0.311. The second-order valence-electron chi connectivity index (χ2n) is 8.32. The second kappa shape index (κ2) is 8.01. The highest BCUT2D eigenvalue weighted by Gasteiger charge is 2.19. The molecule has 5 aromatic rings. The average molecular weight is 421 g/mol. The van der Waals surface area contributed by atoms with Crippen LogP contribution in [0.4, 0.5) is 0 Å². The van der Waals surface area contributed by atoms with Crippen molar-refractivity contribution < 1.29 is 9.15 Å². The van der Waals surface area contributed by atoms with E-state index in [0.29, 0.717) is 16.7 Å². The number of fused-ring (bicyclic) bond motifs is 2. The van der Waals surface area contributed by atoms with E-state index in [-0.39, 0.29) is 17.8 Å². The van der Waals surface area contributed by atoms with Crippen molar-refractivity contribution in [1.82, 2.24) is 0 Å². The molecule has 0 N–H and O–H groups in total. The molecule has 0 atom stereocenters. The third kappa shape index (κ3) is 3.56. The zero-order valence-corrected chi connectivity index (χ0v) is 18.4. The van der Waals surface area contributed by atoms with Crippen molar-refractivity contribution >= 4 is 21.7 Å². The highest BCUT2D eigenvalue weighted by molar-refractivity contribution is 5.86. The summed E-state index contributed by atoms with van der Waals surface area (Å²) in [5, 5.41) is 2.80. The minimum Gasteiger partial charge on any atom is -0.481 e. The van der Waals surface area contributed by atoms with E-state index >= 15 is 0 Å². The van der Waals surface area contributed by atoms with Crippen LogP contribution >= 0.6 is 0 Å². The van der Waals surface area contributed by atoms with Crippen LogP contribution in [-0.2, 0) is 6.61 Å². The molecular formula is C29H24O3. The molecule has 1 heterocycles. The van der Waals surface area contributed by atoms with Gasteiger partial charge in [0.1, 0.15) is 12.2 Å². The van der Waals surface area contributed by atoms with Gasteiger partial charge in [-0.05, 0) is 60.4 Å². The van der Waals surface area contributed by atoms with Crippen LogP contribution in [0.1, 0.15) is 22.3 Å². The van der Waals surface area contributed by atoms with E-state index in [1.165, 1.54) is 0 Å². The van der Waals surface area contributed by atoms with Gasteiger partial charge < -0.3 is 9.15 Å². The molecule has 0 unspecified atom stereocenters. The van der Waals surface area contributed by atoms with Crippen molar-refractivity contribution in [1.29, 1.82) is 0 Å². The molecule has 5 rings (SSSR count). The third-order valence-electron chi connectivity index (χ3n) is 6.03. The van der Waals surface area contributed by atoms with Crippen LogP contribution in [0.5, 0.6) is 5.75 Å². The molecule has 0 amide bonds. The standard InChI is InChI=1S/C29H24O3/c1-18-11-13-22(14-12-18)28-29(27(30)25-15-19(2)20(3)16-26(25)32-28)31-17-23-9-6-8-21-7-4-5-10-24(21)23/h4-16H,17H2,1-3H3. The summed E-state index contributed by atoms with van der Waals surface area (Å²) in [7, 11) is 0. The Morgan fingerprint density at radius 3 is 2.31 bits per heavy atom. The van der Waals surface area contributed by atoms with E-state index in [2.05, 4.69) is 18.2 Å². The number of aryl methyl sites for hydroxylation is 3. The predicted octanol–water partition coefficient (Wildman–Crippen LogP) is 7.12. The zero-order valence-electron chi connectivity index (χ0n) is 18.4. The molecular weight excluding hydrogens is 396 g/mol. The molecule has 3 heteroatoms. The van der Waals surface area contributed by atoms with Gasteiger partial charge in [-0.15, -0.1) is 0 Å². The smallest absolute Gasteiger partial charge is 0.235 e. The molecule has 0 bridgehead atoms. The molecule has 1 aromatic heterocycles. The normalized spacial score (nSPS) is 11.2. The molecule has 0 saturated carbocycles. The van der Waals surface area contributed by atoms with Crippen molar-refractivity contribution in [3.8, 4) is 17.1 Å². The number of hydrogen-bond donors (Lipinski definition) is 0. The van der Waals surface area contributed by atoms with Gasteiger partial charge >= 0.3 is 0 Å². The maximum atomic E-state index is 13.6. The average Bonchev–Trinajstić information content (AvgIpc) is 2.80. The molecule has 0 radical (unpaired) electrons. The van der Waals surface area contributed by atoms with E-state index in [4.69, 9.17) is 9.15 Å². The first-order chi connectivity index (χ1) is 15.5. The molecule has 0 aliphatic rings. The van der Waals surface area contributed by atoms with Gasteiger partial charge in [0.25, 0.3) is 0 Å². The van der Waals surface area contributed by atoms with E-state index in [1.807, 2.05) is 81.4 Å². The Morgan fingerprint density at radius 2 is 1.50 bits per heavy atom. The molecule has 158 valence electrons. The Hall–Kier alpha value is -3.85. The van der Waals surface area contributed by atoms with Gasteiger partial charge in [-0.25, -0.2) is 0 Å². The van der Waals surface area contributed by atoms with Crippen LogP contribution in [0.15, 0.2) is 88.1 Å². The first kappa shape index (κ1) is 20.1. The van der Waals surface area contributed by atoms with Gasteiger partial charge in [-0.2, -0.15) is 0 Å². The molecule has 4 aromatic carbocycles. The van der Waals surface area contributed by atoms with Crippen LogP contribution in [0.25, 0.3) is 33.1 Å². The van der Waals surface area contributed by atoms with E-state index in [0.717, 1.165) is 38.6 Å². The lowest BCUT2D eigenvalue weighted by Crippen LogP contribution is -2.11. The third-order valence-corrected chi connectivity index (χ3v) is 6.03. The SMILES string of the molecule is Cc1ccc(-c2oc3cc(C)c(C)cc3c(=O)c2OCc2cccc3ccccc23)cc1. The highest BCUT2D eigenvalue weighted by Crippen LogP contribution is 2.33. The lowest BCUT2D eigenvalue weighted by Gasteiger charge is -2.14. The number of rotatable bonds is 4. The van der Waals surface area contributed by atoms with E-state index < -0.39 is 0 Å². The number of ether oxygens (including phenoxy) is 1. The van der Waals surface area contributed by atoms with Crippen LogP contribution in [0.3, 0.4) is 0 Å².